The van der Waals surface area contributed by atoms with Crippen LogP contribution in [0.5, 0.6) is 0 Å². The summed E-state index contributed by atoms with van der Waals surface area (Å²) < 4.78 is 63.4. The third-order valence-electron chi connectivity index (χ3n) is 3.71. The Labute approximate surface area is 139 Å². The van der Waals surface area contributed by atoms with Crippen LogP contribution in [0.25, 0.3) is 5.70 Å². The Kier molecular flexibility index (Phi) is 4.59. The molecule has 1 atom stereocenters. The van der Waals surface area contributed by atoms with E-state index in [0.29, 0.717) is 11.6 Å². The summed E-state index contributed by atoms with van der Waals surface area (Å²) in [6.07, 6.45) is 4.20. The number of hydrogen-bond donors (Lipinski definition) is 4. The lowest BCUT2D eigenvalue weighted by atomic mass is 9.93. The molecule has 0 saturated carbocycles. The molecule has 1 aromatic rings. The summed E-state index contributed by atoms with van der Waals surface area (Å²) in [5.41, 5.74) is 11.9. The minimum Gasteiger partial charge on any atom is -0.400 e. The third-order valence-corrected chi connectivity index (χ3v) is 7.37. The molecule has 1 aliphatic rings. The summed E-state index contributed by atoms with van der Waals surface area (Å²) in [6.45, 7) is 0. The number of hydrogen-bond acceptors (Lipinski definition) is 6. The van der Waals surface area contributed by atoms with Crippen LogP contribution in [0.2, 0.25) is 0 Å². The Morgan fingerprint density at radius 2 is 1.50 bits per heavy atom. The SMILES string of the molecule is NC(=C(N)C1C=CC=CC1(S(=O)(=O)O)S(=O)(=O)O)c1ccccc1. The summed E-state index contributed by atoms with van der Waals surface area (Å²) in [5, 5.41) is 0. The molecule has 0 radical (unpaired) electrons. The van der Waals surface area contributed by atoms with E-state index in [4.69, 9.17) is 11.5 Å². The highest BCUT2D eigenvalue weighted by molar-refractivity contribution is 8.05. The van der Waals surface area contributed by atoms with Crippen LogP contribution in [0.4, 0.5) is 0 Å². The lowest BCUT2D eigenvalue weighted by Crippen LogP contribution is -2.52. The highest BCUT2D eigenvalue weighted by Gasteiger charge is 2.59. The van der Waals surface area contributed by atoms with Gasteiger partial charge in [0.25, 0.3) is 24.3 Å². The molecule has 10 heteroatoms. The fraction of sp³-hybridized carbons (Fsp3) is 0.143. The lowest BCUT2D eigenvalue weighted by Gasteiger charge is -2.33. The van der Waals surface area contributed by atoms with Gasteiger partial charge in [-0.15, -0.1) is 0 Å². The van der Waals surface area contributed by atoms with Crippen LogP contribution in [-0.4, -0.2) is 30.0 Å². The van der Waals surface area contributed by atoms with Gasteiger partial charge in [-0.2, -0.15) is 16.8 Å². The third kappa shape index (κ3) is 2.84. The van der Waals surface area contributed by atoms with Gasteiger partial charge in [-0.25, -0.2) is 0 Å². The smallest absolute Gasteiger partial charge is 0.292 e. The van der Waals surface area contributed by atoms with Crippen LogP contribution < -0.4 is 11.5 Å². The van der Waals surface area contributed by atoms with Gasteiger partial charge in [0.1, 0.15) is 0 Å². The van der Waals surface area contributed by atoms with Gasteiger partial charge in [0.2, 0.25) is 0 Å². The van der Waals surface area contributed by atoms with Gasteiger partial charge in [-0.3, -0.25) is 9.11 Å². The van der Waals surface area contributed by atoms with Crippen LogP contribution in [0.15, 0.2) is 60.3 Å². The van der Waals surface area contributed by atoms with E-state index in [-0.39, 0.29) is 11.4 Å². The second-order valence-electron chi connectivity index (χ2n) is 5.13. The molecule has 1 unspecified atom stereocenters. The van der Waals surface area contributed by atoms with Gasteiger partial charge in [0, 0.05) is 5.70 Å². The molecule has 1 aromatic carbocycles. The van der Waals surface area contributed by atoms with Crippen molar-refractivity contribution < 1.29 is 25.9 Å². The van der Waals surface area contributed by atoms with E-state index in [0.717, 1.165) is 12.2 Å². The molecule has 0 spiro atoms. The van der Waals surface area contributed by atoms with Crippen molar-refractivity contribution in [2.75, 3.05) is 0 Å². The maximum atomic E-state index is 11.8. The maximum absolute atomic E-state index is 11.8. The highest BCUT2D eigenvalue weighted by atomic mass is 32.3. The quantitative estimate of drug-likeness (QED) is 0.555. The molecule has 2 rings (SSSR count). The van der Waals surface area contributed by atoms with Crippen LogP contribution in [0, 0.1) is 5.92 Å². The number of allylic oxidation sites excluding steroid dienone is 3. The van der Waals surface area contributed by atoms with Crippen molar-refractivity contribution in [3.8, 4) is 0 Å². The standard InChI is InChI=1S/C14H16N2O6S2/c15-12(10-6-2-1-3-7-10)13(16)11-8-4-5-9-14(11,23(17,18)19)24(20,21)22/h1-9,11H,15-16H2,(H,17,18,19)(H,20,21,22). The molecule has 0 heterocycles. The molecule has 24 heavy (non-hydrogen) atoms. The molecule has 0 aromatic heterocycles. The first-order valence-corrected chi connectivity index (χ1v) is 9.51. The van der Waals surface area contributed by atoms with Crippen molar-refractivity contribution in [3.63, 3.8) is 0 Å². The van der Waals surface area contributed by atoms with Crippen LogP contribution in [-0.2, 0) is 20.2 Å². The van der Waals surface area contributed by atoms with Gasteiger partial charge < -0.3 is 11.5 Å². The number of benzene rings is 1. The Morgan fingerprint density at radius 3 is 2.00 bits per heavy atom. The summed E-state index contributed by atoms with van der Waals surface area (Å²) in [4.78, 5) is 0. The second kappa shape index (κ2) is 6.06. The molecule has 0 bridgehead atoms. The summed E-state index contributed by atoms with van der Waals surface area (Å²) in [7, 11) is -10.6. The Hall–Kier alpha value is -2.14. The van der Waals surface area contributed by atoms with E-state index < -0.39 is 30.2 Å². The Bertz CT molecular complexity index is 899. The van der Waals surface area contributed by atoms with Crippen LogP contribution in [0.1, 0.15) is 5.56 Å². The van der Waals surface area contributed by atoms with E-state index in [1.165, 1.54) is 6.08 Å². The fourth-order valence-corrected chi connectivity index (χ4v) is 5.12. The molecule has 0 fully saturated rings. The van der Waals surface area contributed by atoms with Gasteiger partial charge in [0.15, 0.2) is 0 Å². The zero-order valence-corrected chi connectivity index (χ0v) is 13.9. The van der Waals surface area contributed by atoms with Crippen molar-refractivity contribution in [2.45, 2.75) is 4.08 Å². The van der Waals surface area contributed by atoms with Crippen molar-refractivity contribution >= 4 is 25.9 Å². The summed E-state index contributed by atoms with van der Waals surface area (Å²) in [6, 6.07) is 8.22. The predicted molar refractivity (Wildman–Crippen MR) is 89.3 cm³/mol. The molecule has 6 N–H and O–H groups in total. The molecule has 0 aliphatic heterocycles. The van der Waals surface area contributed by atoms with Crippen molar-refractivity contribution in [1.29, 1.82) is 0 Å². The average molecular weight is 372 g/mol. The Morgan fingerprint density at radius 1 is 0.958 bits per heavy atom. The monoisotopic (exact) mass is 372 g/mol. The van der Waals surface area contributed by atoms with Gasteiger partial charge in [-0.1, -0.05) is 48.6 Å². The van der Waals surface area contributed by atoms with Gasteiger partial charge >= 0.3 is 0 Å². The van der Waals surface area contributed by atoms with Crippen LogP contribution in [0.3, 0.4) is 0 Å². The fourth-order valence-electron chi connectivity index (χ4n) is 2.50. The summed E-state index contributed by atoms with van der Waals surface area (Å²) >= 11 is 0. The minimum absolute atomic E-state index is 0.0720. The first-order valence-electron chi connectivity index (χ1n) is 6.63. The second-order valence-corrected chi connectivity index (χ2v) is 8.64. The first kappa shape index (κ1) is 18.2. The first-order chi connectivity index (χ1) is 11.0. The number of nitrogens with two attached hydrogens (primary N) is 2. The maximum Gasteiger partial charge on any atom is 0.292 e. The molecule has 1 aliphatic carbocycles. The molecule has 130 valence electrons. The van der Waals surface area contributed by atoms with E-state index >= 15 is 0 Å². The van der Waals surface area contributed by atoms with Gasteiger partial charge in [0.05, 0.1) is 11.6 Å². The van der Waals surface area contributed by atoms with Crippen molar-refractivity contribution in [3.05, 3.63) is 65.9 Å². The zero-order valence-electron chi connectivity index (χ0n) is 12.3. The Balaban J connectivity index is 2.76. The molecular weight excluding hydrogens is 356 g/mol. The molecule has 8 nitrogen and oxygen atoms in total. The van der Waals surface area contributed by atoms with E-state index in [1.54, 1.807) is 30.3 Å². The predicted octanol–water partition coefficient (Wildman–Crippen LogP) is 0.487. The average Bonchev–Trinajstić information content (AvgIpc) is 2.52. The number of rotatable bonds is 4. The largest absolute Gasteiger partial charge is 0.400 e. The topological polar surface area (TPSA) is 161 Å². The van der Waals surface area contributed by atoms with Crippen molar-refractivity contribution in [1.82, 2.24) is 0 Å². The minimum atomic E-state index is -5.30. The van der Waals surface area contributed by atoms with Crippen LogP contribution >= 0.6 is 0 Å². The lowest BCUT2D eigenvalue weighted by molar-refractivity contribution is 0.420. The zero-order chi connectivity index (χ0) is 18.2. The van der Waals surface area contributed by atoms with E-state index in [2.05, 4.69) is 0 Å². The van der Waals surface area contributed by atoms with Gasteiger partial charge in [-0.05, 0) is 11.6 Å². The summed E-state index contributed by atoms with van der Waals surface area (Å²) in [5.74, 6) is -1.62. The molecular formula is C14H16N2O6S2. The van der Waals surface area contributed by atoms with E-state index in [1.807, 2.05) is 0 Å². The van der Waals surface area contributed by atoms with E-state index in [9.17, 15) is 25.9 Å². The molecule has 0 saturated heterocycles. The normalized spacial score (nSPS) is 21.3. The van der Waals surface area contributed by atoms with Crippen molar-refractivity contribution in [2.24, 2.45) is 17.4 Å². The molecule has 0 amide bonds. The highest BCUT2D eigenvalue weighted by Crippen LogP contribution is 2.40.